The molecule has 1 aromatic carbocycles. The lowest BCUT2D eigenvalue weighted by molar-refractivity contribution is 0.119. The van der Waals surface area contributed by atoms with Crippen LogP contribution in [0, 0.1) is 11.3 Å². The van der Waals surface area contributed by atoms with Gasteiger partial charge >= 0.3 is 5.69 Å². The summed E-state index contributed by atoms with van der Waals surface area (Å²) in [6.07, 6.45) is 2.08. The molecule has 0 spiro atoms. The number of piperazine rings is 1. The molecular formula is C29H34N8O. The van der Waals surface area contributed by atoms with Gasteiger partial charge in [-0.3, -0.25) is 14.5 Å². The number of rotatable bonds is 6. The monoisotopic (exact) mass is 510 g/mol. The van der Waals surface area contributed by atoms with E-state index in [9.17, 15) is 10.1 Å². The van der Waals surface area contributed by atoms with E-state index in [-0.39, 0.29) is 30.2 Å². The van der Waals surface area contributed by atoms with Crippen molar-refractivity contribution in [3.05, 3.63) is 70.5 Å². The normalized spacial score (nSPS) is 19.0. The van der Waals surface area contributed by atoms with Gasteiger partial charge in [0.05, 0.1) is 18.2 Å². The summed E-state index contributed by atoms with van der Waals surface area (Å²) < 4.78 is 3.49. The average molecular weight is 511 g/mol. The fourth-order valence-corrected chi connectivity index (χ4v) is 5.68. The van der Waals surface area contributed by atoms with Crippen molar-refractivity contribution in [3.8, 4) is 17.3 Å². The summed E-state index contributed by atoms with van der Waals surface area (Å²) in [7, 11) is 1.72. The Hall–Kier alpha value is -4.03. The highest BCUT2D eigenvalue weighted by Crippen LogP contribution is 2.32. The molecule has 0 N–H and O–H groups in total. The number of hydrogen-bond donors (Lipinski definition) is 0. The SMILES string of the molecule is CCn1c(CC#N)nc2c(N3C[C@@H](C)N(C(C)c4ccnc(-c5ccccc5)c4)C[C@@H]3C)nc(=O)n(C)c21. The van der Waals surface area contributed by atoms with Crippen molar-refractivity contribution in [2.24, 2.45) is 7.05 Å². The molecule has 0 amide bonds. The van der Waals surface area contributed by atoms with Crippen molar-refractivity contribution in [3.63, 3.8) is 0 Å². The number of imidazole rings is 1. The molecule has 0 bridgehead atoms. The molecule has 9 nitrogen and oxygen atoms in total. The van der Waals surface area contributed by atoms with Gasteiger partial charge in [0.15, 0.2) is 5.82 Å². The first-order valence-corrected chi connectivity index (χ1v) is 13.2. The van der Waals surface area contributed by atoms with Crippen LogP contribution in [0.3, 0.4) is 0 Å². The molecule has 1 fully saturated rings. The van der Waals surface area contributed by atoms with E-state index in [0.29, 0.717) is 35.9 Å². The number of nitrogens with zero attached hydrogens (tertiary/aromatic N) is 8. The fourth-order valence-electron chi connectivity index (χ4n) is 5.68. The van der Waals surface area contributed by atoms with Crippen LogP contribution in [0.25, 0.3) is 22.4 Å². The van der Waals surface area contributed by atoms with E-state index in [1.165, 1.54) is 10.1 Å². The molecule has 5 rings (SSSR count). The van der Waals surface area contributed by atoms with E-state index in [2.05, 4.69) is 70.9 Å². The van der Waals surface area contributed by atoms with E-state index in [1.54, 1.807) is 7.05 Å². The molecule has 1 unspecified atom stereocenters. The van der Waals surface area contributed by atoms with Gasteiger partial charge in [0.2, 0.25) is 0 Å². The molecular weight excluding hydrogens is 476 g/mol. The Morgan fingerprint density at radius 3 is 2.58 bits per heavy atom. The van der Waals surface area contributed by atoms with E-state index in [4.69, 9.17) is 4.98 Å². The molecule has 1 aliphatic heterocycles. The van der Waals surface area contributed by atoms with Crippen molar-refractivity contribution in [1.29, 1.82) is 5.26 Å². The molecule has 4 aromatic rings. The number of anilines is 1. The smallest absolute Gasteiger partial charge is 0.349 e. The molecule has 196 valence electrons. The standard InChI is InChI=1S/C29H34N8O/c1-6-35-25(12-14-30)32-26-27(33-29(38)34(5)28(26)35)37-18-19(2)36(17-20(37)3)21(4)23-13-15-31-24(16-23)22-10-8-7-9-11-22/h7-11,13,15-16,19-21H,6,12,17-18H2,1-5H3/t19-,20+,21?/m1/s1. The molecule has 0 saturated carbocycles. The quantitative estimate of drug-likeness (QED) is 0.388. The first kappa shape index (κ1) is 25.6. The molecule has 3 aromatic heterocycles. The van der Waals surface area contributed by atoms with Gasteiger partial charge in [0, 0.05) is 56.6 Å². The summed E-state index contributed by atoms with van der Waals surface area (Å²) in [4.78, 5) is 31.5. The Morgan fingerprint density at radius 2 is 1.87 bits per heavy atom. The van der Waals surface area contributed by atoms with Gasteiger partial charge in [-0.2, -0.15) is 10.2 Å². The summed E-state index contributed by atoms with van der Waals surface area (Å²) in [5.74, 6) is 1.27. The zero-order chi connectivity index (χ0) is 27.0. The van der Waals surface area contributed by atoms with Crippen LogP contribution in [0.15, 0.2) is 53.5 Å². The first-order chi connectivity index (χ1) is 18.3. The second-order valence-electron chi connectivity index (χ2n) is 10.1. The number of aryl methyl sites for hydroxylation is 2. The first-order valence-electron chi connectivity index (χ1n) is 13.2. The van der Waals surface area contributed by atoms with E-state index >= 15 is 0 Å². The zero-order valence-corrected chi connectivity index (χ0v) is 22.7. The van der Waals surface area contributed by atoms with Crippen LogP contribution < -0.4 is 10.6 Å². The minimum Gasteiger partial charge on any atom is -0.349 e. The fraction of sp³-hybridized carbons (Fsp3) is 0.414. The number of aromatic nitrogens is 5. The Kier molecular flexibility index (Phi) is 7.00. The van der Waals surface area contributed by atoms with Gasteiger partial charge in [-0.1, -0.05) is 30.3 Å². The zero-order valence-electron chi connectivity index (χ0n) is 22.7. The van der Waals surface area contributed by atoms with Gasteiger partial charge in [0.25, 0.3) is 0 Å². The molecule has 38 heavy (non-hydrogen) atoms. The minimum atomic E-state index is -0.313. The number of hydrogen-bond acceptors (Lipinski definition) is 7. The van der Waals surface area contributed by atoms with Crippen LogP contribution in [0.4, 0.5) is 5.82 Å². The van der Waals surface area contributed by atoms with Gasteiger partial charge in [-0.25, -0.2) is 9.78 Å². The third-order valence-electron chi connectivity index (χ3n) is 7.73. The second-order valence-corrected chi connectivity index (χ2v) is 10.1. The lowest BCUT2D eigenvalue weighted by atomic mass is 10.00. The van der Waals surface area contributed by atoms with Gasteiger partial charge < -0.3 is 9.47 Å². The number of benzene rings is 1. The Morgan fingerprint density at radius 1 is 1.11 bits per heavy atom. The highest BCUT2D eigenvalue weighted by Gasteiger charge is 2.35. The highest BCUT2D eigenvalue weighted by molar-refractivity contribution is 5.84. The second kappa shape index (κ2) is 10.4. The molecule has 9 heteroatoms. The van der Waals surface area contributed by atoms with Crippen molar-refractivity contribution in [2.75, 3.05) is 18.0 Å². The predicted octanol–water partition coefficient (Wildman–Crippen LogP) is 3.94. The maximum absolute atomic E-state index is 12.9. The Balaban J connectivity index is 1.46. The molecule has 4 heterocycles. The van der Waals surface area contributed by atoms with Crippen LogP contribution in [0.5, 0.6) is 0 Å². The summed E-state index contributed by atoms with van der Waals surface area (Å²) in [5, 5.41) is 9.33. The van der Waals surface area contributed by atoms with Crippen LogP contribution in [0.1, 0.15) is 45.1 Å². The van der Waals surface area contributed by atoms with Crippen LogP contribution in [0.2, 0.25) is 0 Å². The Labute approximate surface area is 223 Å². The maximum Gasteiger partial charge on any atom is 0.350 e. The average Bonchev–Trinajstić information content (AvgIpc) is 3.30. The number of pyridine rings is 1. The van der Waals surface area contributed by atoms with E-state index in [1.807, 2.05) is 35.9 Å². The van der Waals surface area contributed by atoms with Crippen molar-refractivity contribution < 1.29 is 0 Å². The van der Waals surface area contributed by atoms with Crippen molar-refractivity contribution in [1.82, 2.24) is 29.0 Å². The minimum absolute atomic E-state index is 0.109. The van der Waals surface area contributed by atoms with Crippen LogP contribution in [-0.2, 0) is 20.0 Å². The number of fused-ring (bicyclic) bond motifs is 1. The van der Waals surface area contributed by atoms with Crippen molar-refractivity contribution >= 4 is 17.0 Å². The van der Waals surface area contributed by atoms with Crippen LogP contribution in [-0.4, -0.2) is 54.2 Å². The van der Waals surface area contributed by atoms with E-state index < -0.39 is 0 Å². The third kappa shape index (κ3) is 4.45. The summed E-state index contributed by atoms with van der Waals surface area (Å²) in [5.41, 5.74) is 4.39. The van der Waals surface area contributed by atoms with Crippen LogP contribution >= 0.6 is 0 Å². The lowest BCUT2D eigenvalue weighted by Crippen LogP contribution is -2.57. The maximum atomic E-state index is 12.9. The molecule has 0 aliphatic carbocycles. The third-order valence-corrected chi connectivity index (χ3v) is 7.73. The van der Waals surface area contributed by atoms with E-state index in [0.717, 1.165) is 17.8 Å². The lowest BCUT2D eigenvalue weighted by Gasteiger charge is -2.47. The molecule has 0 radical (unpaired) electrons. The van der Waals surface area contributed by atoms with Gasteiger partial charge in [0.1, 0.15) is 17.0 Å². The predicted molar refractivity (Wildman–Crippen MR) is 149 cm³/mol. The topological polar surface area (TPSA) is 95.9 Å². The summed E-state index contributed by atoms with van der Waals surface area (Å²) in [6, 6.07) is 17.2. The summed E-state index contributed by atoms with van der Waals surface area (Å²) in [6.45, 7) is 10.8. The molecule has 1 aliphatic rings. The Bertz CT molecular complexity index is 1550. The largest absolute Gasteiger partial charge is 0.350 e. The van der Waals surface area contributed by atoms with Gasteiger partial charge in [-0.15, -0.1) is 0 Å². The number of nitriles is 1. The summed E-state index contributed by atoms with van der Waals surface area (Å²) >= 11 is 0. The van der Waals surface area contributed by atoms with Gasteiger partial charge in [-0.05, 0) is 45.4 Å². The van der Waals surface area contributed by atoms with Crippen molar-refractivity contribution in [2.45, 2.75) is 58.8 Å². The molecule has 1 saturated heterocycles. The highest BCUT2D eigenvalue weighted by atomic mass is 16.1. The molecule has 3 atom stereocenters.